The number of hydrogen-bond acceptors (Lipinski definition) is 4. The van der Waals surface area contributed by atoms with E-state index in [1.165, 1.54) is 6.07 Å². The standard InChI is InChI=1S/C12H16N2O5S/c1-7-5-8(2)10(6-9(7)12(16)17)20(18,19)14-4-3-11(13)15/h5-6,14H,3-4H2,1-2H3,(H2,13,15)(H,16,17). The number of aromatic carboxylic acids is 1. The second kappa shape index (κ2) is 6.02. The predicted octanol–water partition coefficient (Wildman–Crippen LogP) is 0.155. The maximum absolute atomic E-state index is 12.1. The molecule has 0 spiro atoms. The number of carboxylic acid groups (broad SMARTS) is 1. The topological polar surface area (TPSA) is 127 Å². The van der Waals surface area contributed by atoms with Crippen LogP contribution in [0.1, 0.15) is 27.9 Å². The number of carboxylic acids is 1. The van der Waals surface area contributed by atoms with E-state index in [0.717, 1.165) is 6.07 Å². The van der Waals surface area contributed by atoms with Gasteiger partial charge in [-0.25, -0.2) is 17.9 Å². The molecule has 1 aromatic rings. The van der Waals surface area contributed by atoms with Crippen LogP contribution in [-0.2, 0) is 14.8 Å². The van der Waals surface area contributed by atoms with Crippen molar-refractivity contribution in [3.05, 3.63) is 28.8 Å². The number of hydrogen-bond donors (Lipinski definition) is 3. The van der Waals surface area contributed by atoms with E-state index in [0.29, 0.717) is 11.1 Å². The van der Waals surface area contributed by atoms with Crippen molar-refractivity contribution in [2.45, 2.75) is 25.2 Å². The smallest absolute Gasteiger partial charge is 0.335 e. The van der Waals surface area contributed by atoms with E-state index in [-0.39, 0.29) is 23.4 Å². The van der Waals surface area contributed by atoms with Gasteiger partial charge in [-0.15, -0.1) is 0 Å². The Balaban J connectivity index is 3.14. The van der Waals surface area contributed by atoms with Gasteiger partial charge < -0.3 is 10.8 Å². The monoisotopic (exact) mass is 300 g/mol. The Morgan fingerprint density at radius 2 is 1.85 bits per heavy atom. The van der Waals surface area contributed by atoms with Crippen molar-refractivity contribution in [3.63, 3.8) is 0 Å². The Morgan fingerprint density at radius 1 is 1.25 bits per heavy atom. The zero-order valence-corrected chi connectivity index (χ0v) is 12.0. The van der Waals surface area contributed by atoms with Crippen LogP contribution >= 0.6 is 0 Å². The number of carbonyl (C=O) groups is 2. The minimum Gasteiger partial charge on any atom is -0.478 e. The Hall–Kier alpha value is -1.93. The number of aryl methyl sites for hydroxylation is 2. The molecule has 0 saturated heterocycles. The summed E-state index contributed by atoms with van der Waals surface area (Å²) in [5, 5.41) is 9.02. The third kappa shape index (κ3) is 3.78. The average Bonchev–Trinajstić information content (AvgIpc) is 2.26. The normalized spacial score (nSPS) is 11.3. The van der Waals surface area contributed by atoms with Crippen molar-refractivity contribution in [2.24, 2.45) is 5.73 Å². The van der Waals surface area contributed by atoms with E-state index in [1.54, 1.807) is 13.8 Å². The molecule has 0 aliphatic heterocycles. The first-order valence-electron chi connectivity index (χ1n) is 5.77. The van der Waals surface area contributed by atoms with E-state index in [4.69, 9.17) is 10.8 Å². The van der Waals surface area contributed by atoms with Gasteiger partial charge >= 0.3 is 5.97 Å². The molecule has 0 fully saturated rings. The second-order valence-electron chi connectivity index (χ2n) is 4.35. The third-order valence-corrected chi connectivity index (χ3v) is 4.31. The molecule has 7 nitrogen and oxygen atoms in total. The van der Waals surface area contributed by atoms with E-state index in [2.05, 4.69) is 4.72 Å². The van der Waals surface area contributed by atoms with Gasteiger partial charge in [-0.2, -0.15) is 0 Å². The Bertz CT molecular complexity index is 652. The molecule has 0 saturated carbocycles. The molecule has 110 valence electrons. The molecule has 0 heterocycles. The Kier molecular flexibility index (Phi) is 4.85. The lowest BCUT2D eigenvalue weighted by Crippen LogP contribution is -2.28. The summed E-state index contributed by atoms with van der Waals surface area (Å²) < 4.78 is 26.3. The van der Waals surface area contributed by atoms with Gasteiger partial charge in [-0.05, 0) is 31.0 Å². The Labute approximate surface area is 116 Å². The maximum atomic E-state index is 12.1. The molecule has 20 heavy (non-hydrogen) atoms. The molecule has 8 heteroatoms. The number of nitrogens with one attached hydrogen (secondary N) is 1. The van der Waals surface area contributed by atoms with E-state index in [1.807, 2.05) is 0 Å². The van der Waals surface area contributed by atoms with Crippen LogP contribution in [0.25, 0.3) is 0 Å². The average molecular weight is 300 g/mol. The molecule has 0 radical (unpaired) electrons. The summed E-state index contributed by atoms with van der Waals surface area (Å²) in [7, 11) is -3.88. The maximum Gasteiger partial charge on any atom is 0.335 e. The molecule has 0 bridgehead atoms. The third-order valence-electron chi connectivity index (χ3n) is 2.71. The van der Waals surface area contributed by atoms with Gasteiger partial charge in [0.25, 0.3) is 0 Å². The van der Waals surface area contributed by atoms with Gasteiger partial charge in [0.05, 0.1) is 10.5 Å². The molecule has 1 amide bonds. The van der Waals surface area contributed by atoms with Crippen molar-refractivity contribution in [2.75, 3.05) is 6.54 Å². The molecular weight excluding hydrogens is 284 g/mol. The summed E-state index contributed by atoms with van der Waals surface area (Å²) in [5.74, 6) is -1.82. The summed E-state index contributed by atoms with van der Waals surface area (Å²) in [4.78, 5) is 21.5. The zero-order chi connectivity index (χ0) is 15.5. The van der Waals surface area contributed by atoms with Gasteiger partial charge in [0, 0.05) is 13.0 Å². The van der Waals surface area contributed by atoms with Crippen LogP contribution in [0.4, 0.5) is 0 Å². The molecule has 0 aromatic heterocycles. The lowest BCUT2D eigenvalue weighted by molar-refractivity contribution is -0.117. The number of sulfonamides is 1. The highest BCUT2D eigenvalue weighted by atomic mass is 32.2. The first-order valence-corrected chi connectivity index (χ1v) is 7.26. The first kappa shape index (κ1) is 16.1. The predicted molar refractivity (Wildman–Crippen MR) is 71.9 cm³/mol. The fourth-order valence-electron chi connectivity index (χ4n) is 1.74. The van der Waals surface area contributed by atoms with Crippen molar-refractivity contribution < 1.29 is 23.1 Å². The number of amides is 1. The molecular formula is C12H16N2O5S. The summed E-state index contributed by atoms with van der Waals surface area (Å²) in [5.41, 5.74) is 5.75. The number of carbonyl (C=O) groups excluding carboxylic acids is 1. The van der Waals surface area contributed by atoms with E-state index >= 15 is 0 Å². The lowest BCUT2D eigenvalue weighted by atomic mass is 10.1. The summed E-state index contributed by atoms with van der Waals surface area (Å²) >= 11 is 0. The molecule has 4 N–H and O–H groups in total. The fourth-order valence-corrected chi connectivity index (χ4v) is 3.02. The minimum absolute atomic E-state index is 0.0779. The van der Waals surface area contributed by atoms with Crippen LogP contribution in [0.5, 0.6) is 0 Å². The largest absolute Gasteiger partial charge is 0.478 e. The second-order valence-corrected chi connectivity index (χ2v) is 6.09. The SMILES string of the molecule is Cc1cc(C)c(S(=O)(=O)NCCC(N)=O)cc1C(=O)O. The van der Waals surface area contributed by atoms with Crippen LogP contribution < -0.4 is 10.5 Å². The first-order chi connectivity index (χ1) is 9.15. The van der Waals surface area contributed by atoms with Crippen LogP contribution in [0.3, 0.4) is 0 Å². The zero-order valence-electron chi connectivity index (χ0n) is 11.1. The number of rotatable bonds is 6. The lowest BCUT2D eigenvalue weighted by Gasteiger charge is -2.11. The number of primary amides is 1. The Morgan fingerprint density at radius 3 is 2.35 bits per heavy atom. The van der Waals surface area contributed by atoms with Crippen LogP contribution in [0.15, 0.2) is 17.0 Å². The highest BCUT2D eigenvalue weighted by molar-refractivity contribution is 7.89. The summed E-state index contributed by atoms with van der Waals surface area (Å²) in [6, 6.07) is 2.60. The molecule has 0 unspecified atom stereocenters. The van der Waals surface area contributed by atoms with Crippen molar-refractivity contribution in [3.8, 4) is 0 Å². The summed E-state index contributed by atoms with van der Waals surface area (Å²) in [6.45, 7) is 3.03. The highest BCUT2D eigenvalue weighted by Gasteiger charge is 2.20. The van der Waals surface area contributed by atoms with Gasteiger partial charge in [0.15, 0.2) is 0 Å². The molecule has 1 rings (SSSR count). The molecule has 1 aromatic carbocycles. The quantitative estimate of drug-likeness (QED) is 0.689. The van der Waals surface area contributed by atoms with Crippen molar-refractivity contribution in [1.82, 2.24) is 4.72 Å². The molecule has 0 atom stereocenters. The van der Waals surface area contributed by atoms with Crippen LogP contribution in [0, 0.1) is 13.8 Å². The van der Waals surface area contributed by atoms with Gasteiger partial charge in [0.2, 0.25) is 15.9 Å². The van der Waals surface area contributed by atoms with Crippen LogP contribution in [0.2, 0.25) is 0 Å². The van der Waals surface area contributed by atoms with Gasteiger partial charge in [-0.3, -0.25) is 4.79 Å². The van der Waals surface area contributed by atoms with E-state index in [9.17, 15) is 18.0 Å². The van der Waals surface area contributed by atoms with Crippen molar-refractivity contribution in [1.29, 1.82) is 0 Å². The number of benzene rings is 1. The van der Waals surface area contributed by atoms with Gasteiger partial charge in [-0.1, -0.05) is 6.07 Å². The van der Waals surface area contributed by atoms with Gasteiger partial charge in [0.1, 0.15) is 0 Å². The van der Waals surface area contributed by atoms with E-state index < -0.39 is 21.9 Å². The fraction of sp³-hybridized carbons (Fsp3) is 0.333. The molecule has 0 aliphatic rings. The van der Waals surface area contributed by atoms with Crippen LogP contribution in [-0.4, -0.2) is 31.9 Å². The molecule has 0 aliphatic carbocycles. The van der Waals surface area contributed by atoms with Crippen molar-refractivity contribution >= 4 is 21.9 Å². The highest BCUT2D eigenvalue weighted by Crippen LogP contribution is 2.20. The summed E-state index contributed by atoms with van der Waals surface area (Å²) in [6.07, 6.45) is -0.129. The number of nitrogens with two attached hydrogens (primary N) is 1. The minimum atomic E-state index is -3.88.